The quantitative estimate of drug-likeness (QED) is 0.701. The zero-order valence-electron chi connectivity index (χ0n) is 11.2. The molecule has 4 heteroatoms. The molecule has 102 valence electrons. The highest BCUT2D eigenvalue weighted by Gasteiger charge is 2.08. The molecule has 0 aromatic heterocycles. The van der Waals surface area contributed by atoms with Crippen LogP contribution in [0.5, 0.6) is 5.75 Å². The molecule has 3 nitrogen and oxygen atoms in total. The average Bonchev–Trinajstić information content (AvgIpc) is 2.36. The van der Waals surface area contributed by atoms with Crippen LogP contribution in [0.15, 0.2) is 24.3 Å². The highest BCUT2D eigenvalue weighted by molar-refractivity contribution is 7.39. The van der Waals surface area contributed by atoms with E-state index in [9.17, 15) is 0 Å². The van der Waals surface area contributed by atoms with Gasteiger partial charge in [0.2, 0.25) is 0 Å². The molecule has 1 atom stereocenters. The summed E-state index contributed by atoms with van der Waals surface area (Å²) in [6.45, 7) is 4.46. The summed E-state index contributed by atoms with van der Waals surface area (Å²) in [4.78, 5) is 17.5. The van der Waals surface area contributed by atoms with Crippen LogP contribution < -0.4 is 4.52 Å². The first-order valence-corrected chi connectivity index (χ1v) is 7.77. The summed E-state index contributed by atoms with van der Waals surface area (Å²) in [6.07, 6.45) is 6.11. The van der Waals surface area contributed by atoms with Gasteiger partial charge in [-0.15, -0.1) is 0 Å². The molecule has 18 heavy (non-hydrogen) atoms. The van der Waals surface area contributed by atoms with Crippen molar-refractivity contribution < 1.29 is 14.3 Å². The highest BCUT2D eigenvalue weighted by Crippen LogP contribution is 2.29. The Hall–Kier alpha value is -0.630. The van der Waals surface area contributed by atoms with E-state index in [4.69, 9.17) is 14.3 Å². The second kappa shape index (κ2) is 8.47. The van der Waals surface area contributed by atoms with Gasteiger partial charge in [0.1, 0.15) is 5.75 Å². The first kappa shape index (κ1) is 15.4. The lowest BCUT2D eigenvalue weighted by molar-refractivity contribution is 0.375. The van der Waals surface area contributed by atoms with Crippen molar-refractivity contribution in [3.8, 4) is 5.75 Å². The number of hydrogen-bond acceptors (Lipinski definition) is 3. The number of rotatable bonds is 8. The Morgan fingerprint density at radius 1 is 1.17 bits per heavy atom. The monoisotopic (exact) mass is 270 g/mol. The Kier molecular flexibility index (Phi) is 7.26. The molecule has 1 rings (SSSR count). The van der Waals surface area contributed by atoms with E-state index in [2.05, 4.69) is 13.8 Å². The summed E-state index contributed by atoms with van der Waals surface area (Å²) in [7, 11) is -2.31. The molecule has 0 saturated heterocycles. The van der Waals surface area contributed by atoms with E-state index >= 15 is 0 Å². The van der Waals surface area contributed by atoms with Crippen LogP contribution in [-0.2, 0) is 6.42 Å². The zero-order chi connectivity index (χ0) is 13.4. The molecule has 2 N–H and O–H groups in total. The van der Waals surface area contributed by atoms with Gasteiger partial charge in [-0.05, 0) is 30.0 Å². The highest BCUT2D eigenvalue weighted by atomic mass is 31.2. The smallest absolute Gasteiger partial charge is 0.391 e. The number of benzene rings is 1. The fourth-order valence-corrected chi connectivity index (χ4v) is 2.37. The average molecular weight is 270 g/mol. The van der Waals surface area contributed by atoms with Gasteiger partial charge in [-0.2, -0.15) is 0 Å². The van der Waals surface area contributed by atoms with Crippen LogP contribution in [0, 0.1) is 5.92 Å². The van der Waals surface area contributed by atoms with E-state index in [1.807, 2.05) is 12.1 Å². The van der Waals surface area contributed by atoms with Crippen LogP contribution in [0.3, 0.4) is 0 Å². The maximum Gasteiger partial charge on any atom is 0.391 e. The number of unbranched alkanes of at least 4 members (excludes halogenated alkanes) is 1. The largest absolute Gasteiger partial charge is 0.427 e. The molecule has 0 radical (unpaired) electrons. The van der Waals surface area contributed by atoms with Gasteiger partial charge in [0.15, 0.2) is 0 Å². The van der Waals surface area contributed by atoms with Crippen LogP contribution in [-0.4, -0.2) is 9.79 Å². The Morgan fingerprint density at radius 2 is 1.83 bits per heavy atom. The second-order valence-electron chi connectivity index (χ2n) is 4.61. The maximum absolute atomic E-state index is 8.75. The second-order valence-corrected chi connectivity index (χ2v) is 5.30. The molecule has 0 heterocycles. The SMILES string of the molecule is CCCCC(CC)Cc1ccc(OP(O)O)cc1. The van der Waals surface area contributed by atoms with Gasteiger partial charge >= 0.3 is 8.60 Å². The minimum absolute atomic E-state index is 0.511. The lowest BCUT2D eigenvalue weighted by Crippen LogP contribution is -2.03. The summed E-state index contributed by atoms with van der Waals surface area (Å²) in [6, 6.07) is 7.60. The lowest BCUT2D eigenvalue weighted by Gasteiger charge is -2.14. The Morgan fingerprint density at radius 3 is 2.33 bits per heavy atom. The van der Waals surface area contributed by atoms with Crippen LogP contribution in [0.2, 0.25) is 0 Å². The van der Waals surface area contributed by atoms with Gasteiger partial charge in [0.05, 0.1) is 0 Å². The topological polar surface area (TPSA) is 49.7 Å². The Bertz CT molecular complexity index is 324. The van der Waals surface area contributed by atoms with E-state index in [0.29, 0.717) is 5.75 Å². The molecule has 0 fully saturated rings. The van der Waals surface area contributed by atoms with E-state index in [-0.39, 0.29) is 0 Å². The van der Waals surface area contributed by atoms with E-state index in [1.165, 1.54) is 31.2 Å². The third-order valence-electron chi connectivity index (χ3n) is 3.18. The lowest BCUT2D eigenvalue weighted by atomic mass is 9.92. The van der Waals surface area contributed by atoms with Crippen molar-refractivity contribution in [1.82, 2.24) is 0 Å². The van der Waals surface area contributed by atoms with Crippen molar-refractivity contribution in [2.24, 2.45) is 5.92 Å². The van der Waals surface area contributed by atoms with Crippen LogP contribution in [0.25, 0.3) is 0 Å². The standard InChI is InChI=1S/C14H23O3P/c1-3-5-6-12(4-2)11-13-7-9-14(10-8-13)17-18(15)16/h7-10,12,15-16H,3-6,11H2,1-2H3. The molecule has 0 aliphatic heterocycles. The van der Waals surface area contributed by atoms with E-state index in [1.54, 1.807) is 12.1 Å². The molecule has 0 spiro atoms. The normalized spacial score (nSPS) is 12.7. The van der Waals surface area contributed by atoms with E-state index in [0.717, 1.165) is 12.3 Å². The van der Waals surface area contributed by atoms with Crippen LogP contribution in [0.1, 0.15) is 45.1 Å². The molecular weight excluding hydrogens is 247 g/mol. The summed E-state index contributed by atoms with van der Waals surface area (Å²) in [5.41, 5.74) is 1.28. The predicted octanol–water partition coefficient (Wildman–Crippen LogP) is 4.04. The van der Waals surface area contributed by atoms with Crippen LogP contribution >= 0.6 is 8.60 Å². The first-order valence-electron chi connectivity index (χ1n) is 6.60. The van der Waals surface area contributed by atoms with Crippen molar-refractivity contribution in [2.45, 2.75) is 46.0 Å². The summed E-state index contributed by atoms with van der Waals surface area (Å²) < 4.78 is 4.84. The van der Waals surface area contributed by atoms with Crippen LogP contribution in [0.4, 0.5) is 0 Å². The van der Waals surface area contributed by atoms with Gasteiger partial charge in [0.25, 0.3) is 0 Å². The third-order valence-corrected chi connectivity index (χ3v) is 3.55. The summed E-state index contributed by atoms with van der Waals surface area (Å²) in [5, 5.41) is 0. The van der Waals surface area contributed by atoms with E-state index < -0.39 is 8.60 Å². The van der Waals surface area contributed by atoms with Crippen molar-refractivity contribution in [1.29, 1.82) is 0 Å². The fraction of sp³-hybridized carbons (Fsp3) is 0.571. The maximum atomic E-state index is 8.75. The third kappa shape index (κ3) is 5.81. The Labute approximate surface area is 111 Å². The molecule has 0 aliphatic carbocycles. The zero-order valence-corrected chi connectivity index (χ0v) is 12.1. The summed E-state index contributed by atoms with van der Waals surface area (Å²) >= 11 is 0. The van der Waals surface area contributed by atoms with Gasteiger partial charge in [-0.3, -0.25) is 0 Å². The minimum atomic E-state index is -2.31. The van der Waals surface area contributed by atoms with Gasteiger partial charge in [-0.1, -0.05) is 51.7 Å². The molecular formula is C14H23O3P. The van der Waals surface area contributed by atoms with Crippen molar-refractivity contribution in [2.75, 3.05) is 0 Å². The van der Waals surface area contributed by atoms with Crippen molar-refractivity contribution in [3.63, 3.8) is 0 Å². The molecule has 1 aromatic rings. The first-order chi connectivity index (χ1) is 8.65. The molecule has 0 aliphatic rings. The molecule has 0 saturated carbocycles. The van der Waals surface area contributed by atoms with Gasteiger partial charge < -0.3 is 14.3 Å². The fourth-order valence-electron chi connectivity index (χ4n) is 2.06. The minimum Gasteiger partial charge on any atom is -0.427 e. The molecule has 1 aromatic carbocycles. The Balaban J connectivity index is 2.50. The molecule has 0 bridgehead atoms. The van der Waals surface area contributed by atoms with Crippen molar-refractivity contribution >= 4 is 8.60 Å². The summed E-state index contributed by atoms with van der Waals surface area (Å²) in [5.74, 6) is 1.25. The number of hydrogen-bond donors (Lipinski definition) is 2. The van der Waals surface area contributed by atoms with Crippen molar-refractivity contribution in [3.05, 3.63) is 29.8 Å². The van der Waals surface area contributed by atoms with Gasteiger partial charge in [0, 0.05) is 0 Å². The molecule has 1 unspecified atom stereocenters. The predicted molar refractivity (Wildman–Crippen MR) is 75.4 cm³/mol. The van der Waals surface area contributed by atoms with Gasteiger partial charge in [-0.25, -0.2) is 0 Å². The molecule has 0 amide bonds.